The van der Waals surface area contributed by atoms with E-state index in [1.165, 1.54) is 41.8 Å². The van der Waals surface area contributed by atoms with E-state index in [2.05, 4.69) is 20.0 Å². The Morgan fingerprint density at radius 2 is 1.97 bits per heavy atom. The summed E-state index contributed by atoms with van der Waals surface area (Å²) < 4.78 is 33.1. The molecule has 8 nitrogen and oxygen atoms in total. The molecule has 1 aliphatic heterocycles. The number of nitrogens with zero attached hydrogens (tertiary/aromatic N) is 2. The lowest BCUT2D eigenvalue weighted by molar-refractivity contribution is 0.101. The van der Waals surface area contributed by atoms with Gasteiger partial charge in [0, 0.05) is 29.2 Å². The first kappa shape index (κ1) is 20.6. The first-order chi connectivity index (χ1) is 14.5. The van der Waals surface area contributed by atoms with Gasteiger partial charge in [-0.1, -0.05) is 0 Å². The van der Waals surface area contributed by atoms with Crippen molar-refractivity contribution in [1.29, 1.82) is 0 Å². The molecule has 1 aromatic carbocycles. The molecule has 1 unspecified atom stereocenters. The van der Waals surface area contributed by atoms with Crippen molar-refractivity contribution >= 4 is 49.8 Å². The van der Waals surface area contributed by atoms with Crippen LogP contribution in [0, 0.1) is 0 Å². The smallest absolute Gasteiger partial charge is 0.263 e. The van der Waals surface area contributed by atoms with Crippen LogP contribution in [0.15, 0.2) is 59.1 Å². The van der Waals surface area contributed by atoms with Crippen LogP contribution in [0.5, 0.6) is 5.88 Å². The number of thioether (sulfide) groups is 1. The monoisotopic (exact) mass is 462 g/mol. The minimum absolute atomic E-state index is 0.0475. The van der Waals surface area contributed by atoms with Gasteiger partial charge in [-0.25, -0.2) is 18.4 Å². The van der Waals surface area contributed by atoms with Gasteiger partial charge < -0.3 is 10.1 Å². The van der Waals surface area contributed by atoms with Crippen molar-refractivity contribution in [2.45, 2.75) is 17.4 Å². The Balaban J connectivity index is 1.45. The minimum atomic E-state index is -3.75. The van der Waals surface area contributed by atoms with E-state index in [4.69, 9.17) is 4.74 Å². The van der Waals surface area contributed by atoms with E-state index >= 15 is 0 Å². The number of aromatic nitrogens is 2. The van der Waals surface area contributed by atoms with Crippen LogP contribution in [0.4, 0.5) is 10.8 Å². The fraction of sp³-hybridized carbons (Fsp3) is 0.211. The second-order valence-electron chi connectivity index (χ2n) is 6.38. The summed E-state index contributed by atoms with van der Waals surface area (Å²) in [4.78, 5) is 20.9. The average Bonchev–Trinajstić information content (AvgIpc) is 3.43. The van der Waals surface area contributed by atoms with Crippen molar-refractivity contribution in [1.82, 2.24) is 9.97 Å². The largest absolute Gasteiger partial charge is 0.473 e. The third kappa shape index (κ3) is 4.91. The van der Waals surface area contributed by atoms with E-state index in [0.717, 1.165) is 17.9 Å². The van der Waals surface area contributed by atoms with E-state index in [1.807, 2.05) is 11.8 Å². The summed E-state index contributed by atoms with van der Waals surface area (Å²) in [7, 11) is -3.75. The van der Waals surface area contributed by atoms with Gasteiger partial charge in [-0.3, -0.25) is 9.52 Å². The molecular formula is C19H18N4O4S3. The molecule has 11 heteroatoms. The Bertz CT molecular complexity index is 1110. The van der Waals surface area contributed by atoms with Crippen molar-refractivity contribution in [2.75, 3.05) is 21.5 Å². The number of nitrogens with one attached hydrogen (secondary N) is 2. The summed E-state index contributed by atoms with van der Waals surface area (Å²) in [6, 6.07) is 9.21. The predicted octanol–water partition coefficient (Wildman–Crippen LogP) is 3.48. The number of sulfonamides is 1. The fourth-order valence-electron chi connectivity index (χ4n) is 2.78. The first-order valence-electron chi connectivity index (χ1n) is 9.04. The fourth-order valence-corrected chi connectivity index (χ4v) is 5.67. The highest BCUT2D eigenvalue weighted by Crippen LogP contribution is 2.25. The third-order valence-corrected chi connectivity index (χ3v) is 7.56. The number of hydrogen-bond donors (Lipinski definition) is 2. The molecule has 2 N–H and O–H groups in total. The molecular weight excluding hydrogens is 444 g/mol. The van der Waals surface area contributed by atoms with Gasteiger partial charge in [-0.05, 0) is 48.6 Å². The standard InChI is InChI=1S/C19H18N4O4S3/c24-17(16-2-1-8-20-18(16)27-14-7-10-28-12-14)22-13-3-5-15(6-4-13)30(25,26)23-19-21-9-11-29-19/h1-6,8-9,11,14H,7,10,12H2,(H,21,23)(H,22,24). The molecule has 1 atom stereocenters. The number of pyridine rings is 1. The molecule has 30 heavy (non-hydrogen) atoms. The molecule has 0 bridgehead atoms. The van der Waals surface area contributed by atoms with Gasteiger partial charge in [-0.15, -0.1) is 11.3 Å². The number of anilines is 2. The van der Waals surface area contributed by atoms with Gasteiger partial charge in [-0.2, -0.15) is 11.8 Å². The lowest BCUT2D eigenvalue weighted by Gasteiger charge is -2.14. The number of hydrogen-bond acceptors (Lipinski definition) is 8. The molecule has 1 saturated heterocycles. The van der Waals surface area contributed by atoms with E-state index in [1.54, 1.807) is 23.7 Å². The van der Waals surface area contributed by atoms with Crippen molar-refractivity contribution in [3.8, 4) is 5.88 Å². The second kappa shape index (κ2) is 9.02. The molecule has 2 aromatic heterocycles. The summed E-state index contributed by atoms with van der Waals surface area (Å²) in [5.41, 5.74) is 0.788. The summed E-state index contributed by atoms with van der Waals surface area (Å²) in [6.07, 6.45) is 4.07. The minimum Gasteiger partial charge on any atom is -0.473 e. The summed E-state index contributed by atoms with van der Waals surface area (Å²) in [5, 5.41) is 4.73. The number of benzene rings is 1. The molecule has 3 aromatic rings. The van der Waals surface area contributed by atoms with Crippen LogP contribution in [0.3, 0.4) is 0 Å². The number of thiazole rings is 1. The van der Waals surface area contributed by atoms with Gasteiger partial charge in [0.1, 0.15) is 11.7 Å². The predicted molar refractivity (Wildman–Crippen MR) is 118 cm³/mol. The lowest BCUT2D eigenvalue weighted by atomic mass is 10.2. The summed E-state index contributed by atoms with van der Waals surface area (Å²) in [5.74, 6) is 1.84. The number of carbonyl (C=O) groups is 1. The zero-order chi connectivity index (χ0) is 21.0. The maximum atomic E-state index is 12.7. The maximum absolute atomic E-state index is 12.7. The average molecular weight is 463 g/mol. The van der Waals surface area contributed by atoms with Gasteiger partial charge in [0.2, 0.25) is 5.88 Å². The molecule has 0 spiro atoms. The second-order valence-corrected chi connectivity index (χ2v) is 10.1. The van der Waals surface area contributed by atoms with Gasteiger partial charge >= 0.3 is 0 Å². The van der Waals surface area contributed by atoms with E-state index < -0.39 is 10.0 Å². The normalized spacial score (nSPS) is 16.2. The summed E-state index contributed by atoms with van der Waals surface area (Å²) in [6.45, 7) is 0. The Morgan fingerprint density at radius 1 is 1.13 bits per heavy atom. The van der Waals surface area contributed by atoms with Crippen LogP contribution in [-0.4, -0.2) is 41.9 Å². The lowest BCUT2D eigenvalue weighted by Crippen LogP contribution is -2.20. The SMILES string of the molecule is O=C(Nc1ccc(S(=O)(=O)Nc2nccs2)cc1)c1cccnc1OC1CCSC1. The van der Waals surface area contributed by atoms with E-state index in [0.29, 0.717) is 17.1 Å². The van der Waals surface area contributed by atoms with Gasteiger partial charge in [0.05, 0.1) is 4.90 Å². The topological polar surface area (TPSA) is 110 Å². The highest BCUT2D eigenvalue weighted by molar-refractivity contribution is 7.99. The Labute approximate surface area is 182 Å². The third-order valence-electron chi connectivity index (χ3n) is 4.26. The number of rotatable bonds is 7. The highest BCUT2D eigenvalue weighted by atomic mass is 32.2. The van der Waals surface area contributed by atoms with E-state index in [9.17, 15) is 13.2 Å². The number of carbonyl (C=O) groups excluding carboxylic acids is 1. The quantitative estimate of drug-likeness (QED) is 0.553. The molecule has 1 aliphatic rings. The Hall–Kier alpha value is -2.63. The Kier molecular flexibility index (Phi) is 6.21. The van der Waals surface area contributed by atoms with Crippen LogP contribution < -0.4 is 14.8 Å². The van der Waals surface area contributed by atoms with Gasteiger partial charge in [0.25, 0.3) is 15.9 Å². The van der Waals surface area contributed by atoms with Crippen LogP contribution in [0.2, 0.25) is 0 Å². The van der Waals surface area contributed by atoms with Crippen molar-refractivity contribution in [3.63, 3.8) is 0 Å². The molecule has 1 amide bonds. The van der Waals surface area contributed by atoms with Crippen molar-refractivity contribution < 1.29 is 17.9 Å². The van der Waals surface area contributed by atoms with E-state index in [-0.39, 0.29) is 22.0 Å². The van der Waals surface area contributed by atoms with Crippen LogP contribution in [0.1, 0.15) is 16.8 Å². The molecule has 0 saturated carbocycles. The Morgan fingerprint density at radius 3 is 2.67 bits per heavy atom. The van der Waals surface area contributed by atoms with Gasteiger partial charge in [0.15, 0.2) is 5.13 Å². The zero-order valence-corrected chi connectivity index (χ0v) is 18.1. The molecule has 4 rings (SSSR count). The van der Waals surface area contributed by atoms with Crippen molar-refractivity contribution in [2.24, 2.45) is 0 Å². The molecule has 3 heterocycles. The molecule has 0 radical (unpaired) electrons. The molecule has 1 fully saturated rings. The van der Waals surface area contributed by atoms with Crippen molar-refractivity contribution in [3.05, 3.63) is 59.7 Å². The number of ether oxygens (including phenoxy) is 1. The molecule has 156 valence electrons. The van der Waals surface area contributed by atoms with Crippen LogP contribution >= 0.6 is 23.1 Å². The first-order valence-corrected chi connectivity index (χ1v) is 12.6. The highest BCUT2D eigenvalue weighted by Gasteiger charge is 2.22. The molecule has 0 aliphatic carbocycles. The maximum Gasteiger partial charge on any atom is 0.263 e. The zero-order valence-electron chi connectivity index (χ0n) is 15.6. The van der Waals surface area contributed by atoms with Crippen LogP contribution in [0.25, 0.3) is 0 Å². The van der Waals surface area contributed by atoms with Crippen LogP contribution in [-0.2, 0) is 10.0 Å². The number of amides is 1. The summed E-state index contributed by atoms with van der Waals surface area (Å²) >= 11 is 3.00.